The lowest BCUT2D eigenvalue weighted by molar-refractivity contribution is 0.863. The van der Waals surface area contributed by atoms with Crippen molar-refractivity contribution in [3.63, 3.8) is 0 Å². The van der Waals surface area contributed by atoms with E-state index in [1.165, 1.54) is 0 Å². The number of halogens is 1. The smallest absolute Gasteiger partial charge is 0.320 e. The van der Waals surface area contributed by atoms with Gasteiger partial charge in [0.2, 0.25) is 0 Å². The van der Waals surface area contributed by atoms with Crippen LogP contribution >= 0.6 is 11.6 Å². The van der Waals surface area contributed by atoms with E-state index >= 15 is 0 Å². The van der Waals surface area contributed by atoms with Gasteiger partial charge in [-0.25, -0.2) is 4.79 Å². The summed E-state index contributed by atoms with van der Waals surface area (Å²) in [4.78, 5) is 16.7. The van der Waals surface area contributed by atoms with Gasteiger partial charge < -0.3 is 15.7 Å². The maximum atomic E-state index is 11.3. The predicted octanol–water partition coefficient (Wildman–Crippen LogP) is 2.87. The summed E-state index contributed by atoms with van der Waals surface area (Å²) >= 11 is 6.04. The molecule has 2 aromatic carbocycles. The van der Waals surface area contributed by atoms with E-state index < -0.39 is 0 Å². The Kier molecular flexibility index (Phi) is 3.12. The van der Waals surface area contributed by atoms with E-state index in [9.17, 15) is 4.79 Å². The first kappa shape index (κ1) is 13.0. The fraction of sp³-hybridized carbons (Fsp3) is 0.133. The van der Waals surface area contributed by atoms with Gasteiger partial charge in [0.15, 0.2) is 0 Å². The summed E-state index contributed by atoms with van der Waals surface area (Å²) in [5.74, 6) is 0. The Labute approximate surface area is 120 Å². The van der Waals surface area contributed by atoms with Crippen LogP contribution in [0.4, 0.5) is 0 Å². The minimum Gasteiger partial charge on any atom is -0.320 e. The van der Waals surface area contributed by atoms with Crippen LogP contribution in [-0.2, 0) is 0 Å². The molecule has 1 atom stereocenters. The first-order valence-electron chi connectivity index (χ1n) is 6.28. The number of aromatic amines is 2. The SMILES string of the molecule is Cc1ccc(Cl)cc1C(N)c1ccc2[nH]c(=O)[nH]c2c1. The molecule has 3 aromatic rings. The molecule has 3 rings (SSSR count). The lowest BCUT2D eigenvalue weighted by atomic mass is 9.95. The summed E-state index contributed by atoms with van der Waals surface area (Å²) in [5.41, 5.74) is 10.6. The van der Waals surface area contributed by atoms with Crippen molar-refractivity contribution in [2.45, 2.75) is 13.0 Å². The van der Waals surface area contributed by atoms with Gasteiger partial charge >= 0.3 is 5.69 Å². The van der Waals surface area contributed by atoms with Crippen molar-refractivity contribution in [1.82, 2.24) is 9.97 Å². The average molecular weight is 288 g/mol. The highest BCUT2D eigenvalue weighted by atomic mass is 35.5. The van der Waals surface area contributed by atoms with Gasteiger partial charge in [-0.05, 0) is 47.9 Å². The third-order valence-corrected chi connectivity index (χ3v) is 3.71. The highest BCUT2D eigenvalue weighted by molar-refractivity contribution is 6.30. The molecule has 0 bridgehead atoms. The summed E-state index contributed by atoms with van der Waals surface area (Å²) in [5, 5.41) is 0.664. The maximum absolute atomic E-state index is 11.3. The molecule has 20 heavy (non-hydrogen) atoms. The van der Waals surface area contributed by atoms with Crippen LogP contribution in [0.3, 0.4) is 0 Å². The summed E-state index contributed by atoms with van der Waals surface area (Å²) in [6.07, 6.45) is 0. The molecule has 1 unspecified atom stereocenters. The number of aryl methyl sites for hydroxylation is 1. The Hall–Kier alpha value is -2.04. The van der Waals surface area contributed by atoms with Gasteiger partial charge in [0.05, 0.1) is 17.1 Å². The molecular weight excluding hydrogens is 274 g/mol. The summed E-state index contributed by atoms with van der Waals surface area (Å²) < 4.78 is 0. The van der Waals surface area contributed by atoms with Crippen molar-refractivity contribution in [1.29, 1.82) is 0 Å². The van der Waals surface area contributed by atoms with E-state index in [1.54, 1.807) is 0 Å². The minimum absolute atomic E-state index is 0.218. The Morgan fingerprint density at radius 1 is 1.10 bits per heavy atom. The first-order valence-corrected chi connectivity index (χ1v) is 6.66. The molecule has 5 heteroatoms. The molecule has 0 saturated carbocycles. The fourth-order valence-corrected chi connectivity index (χ4v) is 2.55. The zero-order chi connectivity index (χ0) is 14.3. The van der Waals surface area contributed by atoms with Crippen molar-refractivity contribution in [3.8, 4) is 0 Å². The number of hydrogen-bond donors (Lipinski definition) is 3. The second-order valence-electron chi connectivity index (χ2n) is 4.86. The summed E-state index contributed by atoms with van der Waals surface area (Å²) in [7, 11) is 0. The number of imidazole rings is 1. The Morgan fingerprint density at radius 2 is 1.85 bits per heavy atom. The zero-order valence-corrected chi connectivity index (χ0v) is 11.7. The number of fused-ring (bicyclic) bond motifs is 1. The standard InChI is InChI=1S/C15H14ClN3O/c1-8-2-4-10(16)7-11(8)14(17)9-3-5-12-13(6-9)19-15(20)18-12/h2-7,14H,17H2,1H3,(H2,18,19,20). The topological polar surface area (TPSA) is 74.7 Å². The molecule has 4 N–H and O–H groups in total. The van der Waals surface area contributed by atoms with Crippen molar-refractivity contribution in [3.05, 3.63) is 68.6 Å². The second kappa shape index (κ2) is 4.81. The highest BCUT2D eigenvalue weighted by Crippen LogP contribution is 2.26. The maximum Gasteiger partial charge on any atom is 0.323 e. The average Bonchev–Trinajstić information content (AvgIpc) is 2.79. The molecule has 102 valence electrons. The molecule has 0 saturated heterocycles. The molecule has 1 aromatic heterocycles. The van der Waals surface area contributed by atoms with Crippen LogP contribution in [0.1, 0.15) is 22.7 Å². The quantitative estimate of drug-likeness (QED) is 0.678. The molecule has 0 aliphatic heterocycles. The number of benzene rings is 2. The molecule has 0 amide bonds. The number of aromatic nitrogens is 2. The van der Waals surface area contributed by atoms with Crippen molar-refractivity contribution in [2.24, 2.45) is 5.73 Å². The summed E-state index contributed by atoms with van der Waals surface area (Å²) in [6.45, 7) is 2.00. The molecule has 0 aliphatic rings. The zero-order valence-electron chi connectivity index (χ0n) is 10.9. The van der Waals surface area contributed by atoms with Crippen molar-refractivity contribution >= 4 is 22.6 Å². The van der Waals surface area contributed by atoms with Crippen molar-refractivity contribution in [2.75, 3.05) is 0 Å². The first-order chi connectivity index (χ1) is 9.54. The van der Waals surface area contributed by atoms with E-state index in [0.717, 1.165) is 27.7 Å². The van der Waals surface area contributed by atoms with Crippen LogP contribution in [-0.4, -0.2) is 9.97 Å². The van der Waals surface area contributed by atoms with Crippen LogP contribution in [0.25, 0.3) is 11.0 Å². The van der Waals surface area contributed by atoms with Crippen LogP contribution in [0.15, 0.2) is 41.2 Å². The molecule has 4 nitrogen and oxygen atoms in total. The van der Waals surface area contributed by atoms with Gasteiger partial charge in [0, 0.05) is 5.02 Å². The lowest BCUT2D eigenvalue weighted by Crippen LogP contribution is -2.13. The molecule has 0 fully saturated rings. The number of nitrogens with one attached hydrogen (secondary N) is 2. The molecule has 0 spiro atoms. The number of nitrogens with two attached hydrogens (primary N) is 1. The van der Waals surface area contributed by atoms with Crippen LogP contribution < -0.4 is 11.4 Å². The lowest BCUT2D eigenvalue weighted by Gasteiger charge is -2.15. The van der Waals surface area contributed by atoms with Gasteiger partial charge in [-0.3, -0.25) is 0 Å². The van der Waals surface area contributed by atoms with Crippen LogP contribution in [0.2, 0.25) is 5.02 Å². The van der Waals surface area contributed by atoms with E-state index in [-0.39, 0.29) is 11.7 Å². The number of H-pyrrole nitrogens is 2. The van der Waals surface area contributed by atoms with Gasteiger partial charge in [0.1, 0.15) is 0 Å². The van der Waals surface area contributed by atoms with E-state index in [2.05, 4.69) is 9.97 Å². The molecular formula is C15H14ClN3O. The van der Waals surface area contributed by atoms with Gasteiger partial charge in [0.25, 0.3) is 0 Å². The Morgan fingerprint density at radius 3 is 2.65 bits per heavy atom. The third kappa shape index (κ3) is 2.24. The van der Waals surface area contributed by atoms with Gasteiger partial charge in [-0.2, -0.15) is 0 Å². The summed E-state index contributed by atoms with van der Waals surface area (Å²) in [6, 6.07) is 11.0. The number of rotatable bonds is 2. The molecule has 0 radical (unpaired) electrons. The second-order valence-corrected chi connectivity index (χ2v) is 5.30. The molecule has 1 heterocycles. The molecule has 0 aliphatic carbocycles. The Bertz CT molecular complexity index is 834. The largest absolute Gasteiger partial charge is 0.323 e. The third-order valence-electron chi connectivity index (χ3n) is 3.48. The fourth-order valence-electron chi connectivity index (χ4n) is 2.37. The van der Waals surface area contributed by atoms with E-state index in [0.29, 0.717) is 5.02 Å². The highest BCUT2D eigenvalue weighted by Gasteiger charge is 2.13. The van der Waals surface area contributed by atoms with Gasteiger partial charge in [-0.1, -0.05) is 23.7 Å². The van der Waals surface area contributed by atoms with E-state index in [4.69, 9.17) is 17.3 Å². The minimum atomic E-state index is -0.281. The van der Waals surface area contributed by atoms with Crippen LogP contribution in [0.5, 0.6) is 0 Å². The monoisotopic (exact) mass is 287 g/mol. The van der Waals surface area contributed by atoms with E-state index in [1.807, 2.05) is 43.3 Å². The number of hydrogen-bond acceptors (Lipinski definition) is 2. The van der Waals surface area contributed by atoms with Gasteiger partial charge in [-0.15, -0.1) is 0 Å². The predicted molar refractivity (Wildman–Crippen MR) is 81.1 cm³/mol. The van der Waals surface area contributed by atoms with Crippen molar-refractivity contribution < 1.29 is 0 Å². The normalized spacial score (nSPS) is 12.8. The Balaban J connectivity index is 2.09. The van der Waals surface area contributed by atoms with Crippen LogP contribution in [0, 0.1) is 6.92 Å².